The topological polar surface area (TPSA) is 114 Å². The SMILES string of the molecule is Cc1cccc(-c2nn3c(=O)cc(N4CCN(S(=O)(=O)c5c(C)noc5C)CC4)nc3s2)c1. The van der Waals surface area contributed by atoms with Gasteiger partial charge in [0, 0.05) is 37.8 Å². The predicted molar refractivity (Wildman–Crippen MR) is 124 cm³/mol. The Morgan fingerprint density at radius 1 is 1.06 bits per heavy atom. The number of aryl methyl sites for hydroxylation is 3. The van der Waals surface area contributed by atoms with Crippen molar-refractivity contribution in [3.8, 4) is 10.6 Å². The second kappa shape index (κ2) is 8.04. The number of nitrogens with zero attached hydrogens (tertiary/aromatic N) is 6. The van der Waals surface area contributed by atoms with E-state index in [1.54, 1.807) is 13.8 Å². The number of piperazine rings is 1. The lowest BCUT2D eigenvalue weighted by Crippen LogP contribution is -2.49. The molecule has 4 heterocycles. The molecule has 1 aromatic carbocycles. The van der Waals surface area contributed by atoms with Gasteiger partial charge in [0.25, 0.3) is 5.56 Å². The molecule has 1 saturated heterocycles. The third-order valence-corrected chi connectivity index (χ3v) is 8.73. The summed E-state index contributed by atoms with van der Waals surface area (Å²) in [4.78, 5) is 19.9. The van der Waals surface area contributed by atoms with Gasteiger partial charge >= 0.3 is 0 Å². The highest BCUT2D eigenvalue weighted by Gasteiger charge is 2.33. The summed E-state index contributed by atoms with van der Waals surface area (Å²) in [5, 5.41) is 8.92. The van der Waals surface area contributed by atoms with Crippen molar-refractivity contribution >= 4 is 32.1 Å². The van der Waals surface area contributed by atoms with E-state index in [0.717, 1.165) is 16.1 Å². The van der Waals surface area contributed by atoms with Crippen LogP contribution in [0, 0.1) is 20.8 Å². The first-order chi connectivity index (χ1) is 15.7. The molecule has 0 saturated carbocycles. The Hall–Kier alpha value is -3.09. The van der Waals surface area contributed by atoms with Crippen molar-refractivity contribution in [2.75, 3.05) is 31.1 Å². The number of rotatable bonds is 4. The van der Waals surface area contributed by atoms with Crippen LogP contribution in [-0.4, -0.2) is 58.7 Å². The molecule has 3 aromatic heterocycles. The molecule has 0 spiro atoms. The Kier molecular flexibility index (Phi) is 5.30. The number of hydrogen-bond donors (Lipinski definition) is 0. The number of hydrogen-bond acceptors (Lipinski definition) is 9. The molecular weight excluding hydrogens is 464 g/mol. The Labute approximate surface area is 194 Å². The maximum absolute atomic E-state index is 13.1. The van der Waals surface area contributed by atoms with Gasteiger partial charge in [-0.1, -0.05) is 40.3 Å². The third kappa shape index (κ3) is 3.83. The first kappa shape index (κ1) is 21.7. The quantitative estimate of drug-likeness (QED) is 0.432. The summed E-state index contributed by atoms with van der Waals surface area (Å²) in [6.45, 7) is 6.58. The normalized spacial score (nSPS) is 15.4. The van der Waals surface area contributed by atoms with Gasteiger partial charge < -0.3 is 9.42 Å². The molecule has 0 bridgehead atoms. The highest BCUT2D eigenvalue weighted by molar-refractivity contribution is 7.89. The Morgan fingerprint density at radius 3 is 2.48 bits per heavy atom. The van der Waals surface area contributed by atoms with Crippen LogP contribution in [0.3, 0.4) is 0 Å². The van der Waals surface area contributed by atoms with E-state index < -0.39 is 10.0 Å². The van der Waals surface area contributed by atoms with E-state index in [9.17, 15) is 13.2 Å². The lowest BCUT2D eigenvalue weighted by atomic mass is 10.1. The van der Waals surface area contributed by atoms with Crippen LogP contribution in [0.2, 0.25) is 0 Å². The summed E-state index contributed by atoms with van der Waals surface area (Å²) in [6.07, 6.45) is 0. The third-order valence-electron chi connectivity index (χ3n) is 5.62. The van der Waals surface area contributed by atoms with Crippen LogP contribution in [0.25, 0.3) is 15.5 Å². The second-order valence-corrected chi connectivity index (χ2v) is 10.8. The van der Waals surface area contributed by atoms with Gasteiger partial charge in [0.15, 0.2) is 5.76 Å². The van der Waals surface area contributed by atoms with Crippen molar-refractivity contribution < 1.29 is 12.9 Å². The van der Waals surface area contributed by atoms with E-state index in [0.29, 0.717) is 29.6 Å². The first-order valence-corrected chi connectivity index (χ1v) is 12.7. The van der Waals surface area contributed by atoms with Gasteiger partial charge in [0.1, 0.15) is 21.4 Å². The predicted octanol–water partition coefficient (Wildman–Crippen LogP) is 2.24. The summed E-state index contributed by atoms with van der Waals surface area (Å²) in [5.74, 6) is 0.804. The van der Waals surface area contributed by atoms with Gasteiger partial charge in [-0.15, -0.1) is 0 Å². The number of anilines is 1. The van der Waals surface area contributed by atoms with E-state index in [4.69, 9.17) is 4.52 Å². The maximum Gasteiger partial charge on any atom is 0.277 e. The van der Waals surface area contributed by atoms with Crippen LogP contribution < -0.4 is 10.5 Å². The van der Waals surface area contributed by atoms with Gasteiger partial charge in [-0.25, -0.2) is 13.4 Å². The molecule has 0 N–H and O–H groups in total. The molecule has 172 valence electrons. The minimum Gasteiger partial charge on any atom is -0.360 e. The molecule has 1 aliphatic heterocycles. The molecule has 10 nitrogen and oxygen atoms in total. The van der Waals surface area contributed by atoms with Crippen molar-refractivity contribution in [2.24, 2.45) is 0 Å². The van der Waals surface area contributed by atoms with Gasteiger partial charge in [0.2, 0.25) is 15.0 Å². The zero-order valence-electron chi connectivity index (χ0n) is 18.3. The fourth-order valence-electron chi connectivity index (χ4n) is 3.99. The number of benzene rings is 1. The van der Waals surface area contributed by atoms with E-state index >= 15 is 0 Å². The molecule has 0 atom stereocenters. The second-order valence-electron chi connectivity index (χ2n) is 7.97. The fraction of sp³-hybridized carbons (Fsp3) is 0.333. The summed E-state index contributed by atoms with van der Waals surface area (Å²) in [7, 11) is -3.70. The van der Waals surface area contributed by atoms with Gasteiger partial charge in [-0.05, 0) is 26.8 Å². The van der Waals surface area contributed by atoms with Gasteiger partial charge in [0.05, 0.1) is 0 Å². The number of fused-ring (bicyclic) bond motifs is 1. The van der Waals surface area contributed by atoms with Crippen molar-refractivity contribution in [2.45, 2.75) is 25.7 Å². The summed E-state index contributed by atoms with van der Waals surface area (Å²) >= 11 is 1.35. The van der Waals surface area contributed by atoms with Crippen LogP contribution in [0.4, 0.5) is 5.82 Å². The molecule has 0 unspecified atom stereocenters. The first-order valence-electron chi connectivity index (χ1n) is 10.4. The standard InChI is InChI=1S/C21H22N6O4S2/c1-13-5-4-6-16(11-13)20-23-27-18(28)12-17(22-21(27)32-20)25-7-9-26(10-8-25)33(29,30)19-14(2)24-31-15(19)3/h4-6,11-12H,7-10H2,1-3H3. The minimum absolute atomic E-state index is 0.127. The highest BCUT2D eigenvalue weighted by Crippen LogP contribution is 2.27. The highest BCUT2D eigenvalue weighted by atomic mass is 32.2. The molecule has 0 amide bonds. The van der Waals surface area contributed by atoms with Gasteiger partial charge in [-0.2, -0.15) is 13.9 Å². The molecule has 1 fully saturated rings. The van der Waals surface area contributed by atoms with Crippen molar-refractivity contribution in [3.05, 3.63) is 57.7 Å². The molecule has 0 aliphatic carbocycles. The molecular formula is C21H22N6O4S2. The van der Waals surface area contributed by atoms with E-state index in [-0.39, 0.29) is 29.3 Å². The maximum atomic E-state index is 13.1. The van der Waals surface area contributed by atoms with Crippen LogP contribution in [0.1, 0.15) is 17.0 Å². The lowest BCUT2D eigenvalue weighted by molar-refractivity contribution is 0.378. The molecule has 12 heteroatoms. The number of sulfonamides is 1. The smallest absolute Gasteiger partial charge is 0.277 e. The van der Waals surface area contributed by atoms with Crippen LogP contribution >= 0.6 is 11.3 Å². The van der Waals surface area contributed by atoms with Crippen LogP contribution in [0.5, 0.6) is 0 Å². The molecule has 1 aliphatic rings. The average molecular weight is 487 g/mol. The fourth-order valence-corrected chi connectivity index (χ4v) is 6.60. The van der Waals surface area contributed by atoms with E-state index in [1.807, 2.05) is 36.1 Å². The largest absolute Gasteiger partial charge is 0.360 e. The molecule has 5 rings (SSSR count). The number of aromatic nitrogens is 4. The zero-order chi connectivity index (χ0) is 23.3. The Morgan fingerprint density at radius 2 is 1.82 bits per heavy atom. The van der Waals surface area contributed by atoms with Crippen molar-refractivity contribution in [1.82, 2.24) is 24.1 Å². The van der Waals surface area contributed by atoms with E-state index in [1.165, 1.54) is 26.2 Å². The molecule has 33 heavy (non-hydrogen) atoms. The Bertz CT molecular complexity index is 1490. The monoisotopic (exact) mass is 486 g/mol. The molecule has 4 aromatic rings. The van der Waals surface area contributed by atoms with Crippen LogP contribution in [-0.2, 0) is 10.0 Å². The molecule has 0 radical (unpaired) electrons. The lowest BCUT2D eigenvalue weighted by Gasteiger charge is -2.34. The van der Waals surface area contributed by atoms with Crippen LogP contribution in [0.15, 0.2) is 44.5 Å². The minimum atomic E-state index is -3.70. The summed E-state index contributed by atoms with van der Waals surface area (Å²) < 4.78 is 33.9. The van der Waals surface area contributed by atoms with E-state index in [2.05, 4.69) is 15.2 Å². The van der Waals surface area contributed by atoms with Crippen molar-refractivity contribution in [1.29, 1.82) is 0 Å². The van der Waals surface area contributed by atoms with Crippen molar-refractivity contribution in [3.63, 3.8) is 0 Å². The van der Waals surface area contributed by atoms with Gasteiger partial charge in [-0.3, -0.25) is 4.79 Å². The Balaban J connectivity index is 1.39. The average Bonchev–Trinajstić information content (AvgIpc) is 3.37. The summed E-state index contributed by atoms with van der Waals surface area (Å²) in [6, 6.07) is 9.38. The summed E-state index contributed by atoms with van der Waals surface area (Å²) in [5.41, 5.74) is 2.13. The zero-order valence-corrected chi connectivity index (χ0v) is 20.0.